The summed E-state index contributed by atoms with van der Waals surface area (Å²) in [4.78, 5) is 24.3. The molecule has 0 aliphatic carbocycles. The third-order valence-corrected chi connectivity index (χ3v) is 6.23. The Morgan fingerprint density at radius 2 is 1.38 bits per heavy atom. The second kappa shape index (κ2) is 11.1. The van der Waals surface area contributed by atoms with Gasteiger partial charge < -0.3 is 14.8 Å². The number of para-hydroxylation sites is 1. The summed E-state index contributed by atoms with van der Waals surface area (Å²) in [5.41, 5.74) is 0.368. The number of benzene rings is 3. The second-order valence-corrected chi connectivity index (χ2v) is 8.94. The molecule has 0 saturated heterocycles. The molecule has 0 atom stereocenters. The number of carbonyl (C=O) groups excluding carboxylic acids is 2. The fourth-order valence-corrected chi connectivity index (χ4v) is 4.09. The Bertz CT molecular complexity index is 1130. The van der Waals surface area contributed by atoms with Gasteiger partial charge in [-0.3, -0.25) is 9.59 Å². The number of hydrogen-bond donors (Lipinski definition) is 1. The van der Waals surface area contributed by atoms with Crippen molar-refractivity contribution in [3.8, 4) is 11.5 Å². The normalized spacial score (nSPS) is 10.9. The van der Waals surface area contributed by atoms with Crippen LogP contribution in [0.25, 0.3) is 0 Å². The molecular weight excluding hydrogens is 430 g/mol. The molecule has 8 heteroatoms. The molecule has 1 amide bonds. The van der Waals surface area contributed by atoms with E-state index in [1.165, 1.54) is 12.1 Å². The van der Waals surface area contributed by atoms with Gasteiger partial charge in [0.15, 0.2) is 9.84 Å². The molecule has 0 fully saturated rings. The van der Waals surface area contributed by atoms with Crippen molar-refractivity contribution >= 4 is 21.7 Å². The van der Waals surface area contributed by atoms with Gasteiger partial charge in [0.25, 0.3) is 5.91 Å². The summed E-state index contributed by atoms with van der Waals surface area (Å²) in [7, 11) is -3.41. The van der Waals surface area contributed by atoms with E-state index in [1.807, 2.05) is 30.3 Å². The standard InChI is InChI=1S/C24H23NO6S/c26-23(30-16-7-17-32(28,29)22-10-5-2-6-11-22)18-25-24(27)19-12-14-21(15-13-19)31-20-8-3-1-4-9-20/h1-6,8-15H,7,16-18H2,(H,25,27). The van der Waals surface area contributed by atoms with Crippen molar-refractivity contribution in [3.05, 3.63) is 90.5 Å². The Labute approximate surface area is 186 Å². The third kappa shape index (κ3) is 6.95. The van der Waals surface area contributed by atoms with Crippen LogP contribution in [0.2, 0.25) is 0 Å². The second-order valence-electron chi connectivity index (χ2n) is 6.83. The van der Waals surface area contributed by atoms with Crippen molar-refractivity contribution in [2.45, 2.75) is 11.3 Å². The smallest absolute Gasteiger partial charge is 0.325 e. The number of sulfone groups is 1. The molecule has 166 valence electrons. The zero-order valence-corrected chi connectivity index (χ0v) is 18.1. The summed E-state index contributed by atoms with van der Waals surface area (Å²) in [5, 5.41) is 2.48. The molecule has 0 spiro atoms. The lowest BCUT2D eigenvalue weighted by Gasteiger charge is -2.08. The Morgan fingerprint density at radius 3 is 2.03 bits per heavy atom. The molecule has 1 N–H and O–H groups in total. The van der Waals surface area contributed by atoms with Crippen LogP contribution in [-0.2, 0) is 19.4 Å². The summed E-state index contributed by atoms with van der Waals surface area (Å²) < 4.78 is 35.0. The molecule has 7 nitrogen and oxygen atoms in total. The van der Waals surface area contributed by atoms with E-state index >= 15 is 0 Å². The number of amides is 1. The first kappa shape index (κ1) is 23.0. The largest absolute Gasteiger partial charge is 0.464 e. The predicted octanol–water partition coefficient (Wildman–Crippen LogP) is 3.62. The minimum atomic E-state index is -3.41. The minimum absolute atomic E-state index is 0.0493. The maximum Gasteiger partial charge on any atom is 0.325 e. The zero-order chi connectivity index (χ0) is 22.8. The Kier molecular flexibility index (Phi) is 7.99. The lowest BCUT2D eigenvalue weighted by atomic mass is 10.2. The van der Waals surface area contributed by atoms with Gasteiger partial charge in [0.2, 0.25) is 0 Å². The maximum absolute atomic E-state index is 12.2. The lowest BCUT2D eigenvalue weighted by molar-refractivity contribution is -0.142. The average molecular weight is 454 g/mol. The van der Waals surface area contributed by atoms with E-state index in [-0.39, 0.29) is 30.2 Å². The molecule has 0 bridgehead atoms. The highest BCUT2D eigenvalue weighted by molar-refractivity contribution is 7.91. The van der Waals surface area contributed by atoms with E-state index in [0.29, 0.717) is 17.1 Å². The van der Waals surface area contributed by atoms with Gasteiger partial charge in [0, 0.05) is 5.56 Å². The van der Waals surface area contributed by atoms with Gasteiger partial charge in [-0.1, -0.05) is 36.4 Å². The summed E-state index contributed by atoms with van der Waals surface area (Å²) in [6.45, 7) is -0.362. The highest BCUT2D eigenvalue weighted by Gasteiger charge is 2.14. The topological polar surface area (TPSA) is 98.8 Å². The molecular formula is C24H23NO6S. The molecule has 3 rings (SSSR count). The number of ether oxygens (including phenoxy) is 2. The predicted molar refractivity (Wildman–Crippen MR) is 119 cm³/mol. The van der Waals surface area contributed by atoms with Crippen LogP contribution >= 0.6 is 0 Å². The zero-order valence-electron chi connectivity index (χ0n) is 17.3. The number of esters is 1. The summed E-state index contributed by atoms with van der Waals surface area (Å²) in [6, 6.07) is 23.8. The van der Waals surface area contributed by atoms with Gasteiger partial charge in [-0.05, 0) is 55.0 Å². The molecule has 0 radical (unpaired) electrons. The number of rotatable bonds is 10. The summed E-state index contributed by atoms with van der Waals surface area (Å²) in [6.07, 6.45) is 0.166. The van der Waals surface area contributed by atoms with Crippen LogP contribution in [0.5, 0.6) is 11.5 Å². The Morgan fingerprint density at radius 1 is 0.781 bits per heavy atom. The van der Waals surface area contributed by atoms with Crippen molar-refractivity contribution < 1.29 is 27.5 Å². The number of carbonyl (C=O) groups is 2. The maximum atomic E-state index is 12.2. The average Bonchev–Trinajstić information content (AvgIpc) is 2.82. The van der Waals surface area contributed by atoms with Crippen molar-refractivity contribution in [2.24, 2.45) is 0 Å². The summed E-state index contributed by atoms with van der Waals surface area (Å²) in [5.74, 6) is 0.0645. The lowest BCUT2D eigenvalue weighted by Crippen LogP contribution is -2.30. The summed E-state index contributed by atoms with van der Waals surface area (Å²) >= 11 is 0. The highest BCUT2D eigenvalue weighted by Crippen LogP contribution is 2.21. The van der Waals surface area contributed by atoms with Crippen molar-refractivity contribution in [1.29, 1.82) is 0 Å². The van der Waals surface area contributed by atoms with Crippen molar-refractivity contribution in [1.82, 2.24) is 5.32 Å². The van der Waals surface area contributed by atoms with Gasteiger partial charge in [0.05, 0.1) is 17.3 Å². The quantitative estimate of drug-likeness (QED) is 0.372. The molecule has 3 aromatic rings. The fraction of sp³-hybridized carbons (Fsp3) is 0.167. The van der Waals surface area contributed by atoms with Crippen molar-refractivity contribution in [2.75, 3.05) is 18.9 Å². The van der Waals surface area contributed by atoms with Crippen LogP contribution in [0, 0.1) is 0 Å². The molecule has 0 aliphatic heterocycles. The first-order valence-electron chi connectivity index (χ1n) is 9.99. The molecule has 0 saturated carbocycles. The number of hydrogen-bond acceptors (Lipinski definition) is 6. The molecule has 0 aromatic heterocycles. The molecule has 32 heavy (non-hydrogen) atoms. The molecule has 0 heterocycles. The van der Waals surface area contributed by atoms with E-state index in [2.05, 4.69) is 5.32 Å². The van der Waals surface area contributed by atoms with Crippen LogP contribution in [0.15, 0.2) is 89.8 Å². The van der Waals surface area contributed by atoms with Gasteiger partial charge in [-0.2, -0.15) is 0 Å². The van der Waals surface area contributed by atoms with E-state index < -0.39 is 21.7 Å². The molecule has 0 aliphatic rings. The third-order valence-electron chi connectivity index (χ3n) is 4.41. The van der Waals surface area contributed by atoms with Gasteiger partial charge >= 0.3 is 5.97 Å². The van der Waals surface area contributed by atoms with Crippen LogP contribution < -0.4 is 10.1 Å². The van der Waals surface area contributed by atoms with Crippen LogP contribution in [-0.4, -0.2) is 39.2 Å². The Balaban J connectivity index is 1.37. The van der Waals surface area contributed by atoms with Crippen molar-refractivity contribution in [3.63, 3.8) is 0 Å². The van der Waals surface area contributed by atoms with E-state index in [0.717, 1.165) is 0 Å². The molecule has 3 aromatic carbocycles. The van der Waals surface area contributed by atoms with Gasteiger partial charge in [-0.25, -0.2) is 8.42 Å². The van der Waals surface area contributed by atoms with Crippen LogP contribution in [0.4, 0.5) is 0 Å². The van der Waals surface area contributed by atoms with Crippen LogP contribution in [0.1, 0.15) is 16.8 Å². The van der Waals surface area contributed by atoms with E-state index in [4.69, 9.17) is 9.47 Å². The SMILES string of the molecule is O=C(CNC(=O)c1ccc(Oc2ccccc2)cc1)OCCCS(=O)(=O)c1ccccc1. The van der Waals surface area contributed by atoms with E-state index in [1.54, 1.807) is 42.5 Å². The van der Waals surface area contributed by atoms with Gasteiger partial charge in [0.1, 0.15) is 18.0 Å². The fourth-order valence-electron chi connectivity index (χ4n) is 2.79. The monoisotopic (exact) mass is 453 g/mol. The number of nitrogens with one attached hydrogen (secondary N) is 1. The highest BCUT2D eigenvalue weighted by atomic mass is 32.2. The Hall–Kier alpha value is -3.65. The minimum Gasteiger partial charge on any atom is -0.464 e. The van der Waals surface area contributed by atoms with Crippen LogP contribution in [0.3, 0.4) is 0 Å². The van der Waals surface area contributed by atoms with E-state index in [9.17, 15) is 18.0 Å². The first-order chi connectivity index (χ1) is 15.4. The first-order valence-corrected chi connectivity index (χ1v) is 11.6. The molecule has 0 unspecified atom stereocenters. The van der Waals surface area contributed by atoms with Gasteiger partial charge in [-0.15, -0.1) is 0 Å².